The van der Waals surface area contributed by atoms with Crippen LogP contribution in [-0.2, 0) is 0 Å². The van der Waals surface area contributed by atoms with E-state index in [2.05, 4.69) is 175 Å². The van der Waals surface area contributed by atoms with Gasteiger partial charge >= 0.3 is 0 Å². The van der Waals surface area contributed by atoms with Gasteiger partial charge in [-0.2, -0.15) is 0 Å². The first-order valence-corrected chi connectivity index (χ1v) is 19.8. The maximum atomic E-state index is 5.18. The number of fused-ring (bicyclic) bond motifs is 9. The lowest BCUT2D eigenvalue weighted by Crippen LogP contribution is -2.09. The van der Waals surface area contributed by atoms with Gasteiger partial charge < -0.3 is 4.90 Å². The number of aromatic nitrogens is 1. The number of thiophene rings is 2. The van der Waals surface area contributed by atoms with Crippen molar-refractivity contribution in [3.8, 4) is 21.7 Å². The Morgan fingerprint density at radius 2 is 1.04 bits per heavy atom. The highest BCUT2D eigenvalue weighted by Gasteiger charge is 2.18. The molecule has 0 N–H and O–H groups in total. The predicted molar refractivity (Wildman–Crippen MR) is 228 cm³/mol. The minimum absolute atomic E-state index is 1.06. The van der Waals surface area contributed by atoms with Gasteiger partial charge in [0, 0.05) is 63.0 Å². The second-order valence-electron chi connectivity index (χ2n) is 13.2. The van der Waals surface area contributed by atoms with Gasteiger partial charge in [0.05, 0.1) is 10.2 Å². The zero-order chi connectivity index (χ0) is 34.2. The van der Waals surface area contributed by atoms with Crippen LogP contribution in [0.3, 0.4) is 0 Å². The van der Waals surface area contributed by atoms with Crippen molar-refractivity contribution < 1.29 is 0 Å². The third-order valence-electron chi connectivity index (χ3n) is 10.1. The molecule has 0 fully saturated rings. The van der Waals surface area contributed by atoms with Crippen LogP contribution in [-0.4, -0.2) is 4.98 Å². The molecule has 0 amide bonds. The number of benzene rings is 8. The van der Waals surface area contributed by atoms with Gasteiger partial charge in [-0.25, -0.2) is 4.98 Å². The summed E-state index contributed by atoms with van der Waals surface area (Å²) < 4.78 is 6.45. The smallest absolute Gasteiger partial charge is 0.124 e. The summed E-state index contributed by atoms with van der Waals surface area (Å²) in [6, 6.07) is 61.8. The van der Waals surface area contributed by atoms with E-state index in [1.807, 2.05) is 34.0 Å². The largest absolute Gasteiger partial charge is 0.310 e. The molecule has 0 bridgehead atoms. The van der Waals surface area contributed by atoms with Crippen LogP contribution in [0.25, 0.3) is 83.0 Å². The lowest BCUT2D eigenvalue weighted by molar-refractivity contribution is 1.30. The highest BCUT2D eigenvalue weighted by molar-refractivity contribution is 7.28. The SMILES string of the molecule is c1ccc(-c2ccc(N(c3ccc4ccccc4c3)c3ccc4c(c3)sc3ccc5nc(-c6ccc7c(c6)sc6ccccc67)sc5c34)cc2)cc1. The van der Waals surface area contributed by atoms with E-state index >= 15 is 0 Å². The first-order valence-electron chi connectivity index (χ1n) is 17.4. The van der Waals surface area contributed by atoms with E-state index in [9.17, 15) is 0 Å². The lowest BCUT2D eigenvalue weighted by Gasteiger charge is -2.26. The maximum absolute atomic E-state index is 5.18. The van der Waals surface area contributed by atoms with Crippen LogP contribution in [0.4, 0.5) is 17.1 Å². The fraction of sp³-hybridized carbons (Fsp3) is 0. The van der Waals surface area contributed by atoms with Gasteiger partial charge in [-0.15, -0.1) is 34.0 Å². The molecule has 0 saturated carbocycles. The molecule has 244 valence electrons. The van der Waals surface area contributed by atoms with Crippen molar-refractivity contribution in [2.45, 2.75) is 0 Å². The number of nitrogens with zero attached hydrogens (tertiary/aromatic N) is 2. The van der Waals surface area contributed by atoms with Crippen LogP contribution in [0.5, 0.6) is 0 Å². The summed E-state index contributed by atoms with van der Waals surface area (Å²) in [6.07, 6.45) is 0. The molecule has 2 nitrogen and oxygen atoms in total. The normalized spacial score (nSPS) is 11.8. The van der Waals surface area contributed by atoms with E-state index in [0.29, 0.717) is 0 Å². The summed E-state index contributed by atoms with van der Waals surface area (Å²) in [6.45, 7) is 0. The van der Waals surface area contributed by atoms with Gasteiger partial charge in [0.15, 0.2) is 0 Å². The van der Waals surface area contributed by atoms with Crippen LogP contribution in [0, 0.1) is 0 Å². The minimum Gasteiger partial charge on any atom is -0.310 e. The highest BCUT2D eigenvalue weighted by Crippen LogP contribution is 2.46. The fourth-order valence-electron chi connectivity index (χ4n) is 7.55. The molecule has 52 heavy (non-hydrogen) atoms. The standard InChI is InChI=1S/C47H28N2S3/c1-2-8-29(9-3-1)31-14-18-34(19-15-31)49(35-20-16-30-10-4-5-11-32(30)26-35)36-21-23-39-44(28-36)51-42-25-24-40-46(45(39)42)52-47(48-40)33-17-22-38-37-12-6-7-13-41(37)50-43(38)27-33/h1-28H. The molecule has 0 atom stereocenters. The van der Waals surface area contributed by atoms with Crippen LogP contribution < -0.4 is 4.90 Å². The Balaban J connectivity index is 1.03. The summed E-state index contributed by atoms with van der Waals surface area (Å²) in [4.78, 5) is 7.56. The van der Waals surface area contributed by atoms with Gasteiger partial charge in [0.2, 0.25) is 0 Å². The van der Waals surface area contributed by atoms with Crippen LogP contribution >= 0.6 is 34.0 Å². The fourth-order valence-corrected chi connectivity index (χ4v) is 11.0. The molecular formula is C47H28N2S3. The van der Waals surface area contributed by atoms with Crippen molar-refractivity contribution in [2.75, 3.05) is 4.90 Å². The molecule has 5 heteroatoms. The summed E-state index contributed by atoms with van der Waals surface area (Å²) >= 11 is 5.53. The van der Waals surface area contributed by atoms with Crippen LogP contribution in [0.1, 0.15) is 0 Å². The first kappa shape index (κ1) is 29.8. The molecule has 11 aromatic rings. The van der Waals surface area contributed by atoms with Gasteiger partial charge in [-0.3, -0.25) is 0 Å². The van der Waals surface area contributed by atoms with Gasteiger partial charge in [-0.1, -0.05) is 109 Å². The molecule has 8 aromatic carbocycles. The summed E-state index contributed by atoms with van der Waals surface area (Å²) in [5, 5.41) is 8.76. The number of hydrogen-bond donors (Lipinski definition) is 0. The van der Waals surface area contributed by atoms with Gasteiger partial charge in [0.25, 0.3) is 0 Å². The van der Waals surface area contributed by atoms with E-state index in [-0.39, 0.29) is 0 Å². The molecule has 3 heterocycles. The second-order valence-corrected chi connectivity index (χ2v) is 16.3. The Kier molecular flexibility index (Phi) is 6.80. The Labute approximate surface area is 312 Å². The lowest BCUT2D eigenvalue weighted by atomic mass is 10.0. The van der Waals surface area contributed by atoms with E-state index in [0.717, 1.165) is 27.6 Å². The third kappa shape index (κ3) is 4.85. The van der Waals surface area contributed by atoms with Crippen molar-refractivity contribution in [1.82, 2.24) is 4.98 Å². The molecule has 0 aliphatic carbocycles. The second kappa shape index (κ2) is 11.9. The van der Waals surface area contributed by atoms with E-state index < -0.39 is 0 Å². The van der Waals surface area contributed by atoms with E-state index in [1.54, 1.807) is 0 Å². The molecule has 0 radical (unpaired) electrons. The Bertz CT molecular complexity index is 3130. The highest BCUT2D eigenvalue weighted by atomic mass is 32.1. The molecule has 0 unspecified atom stereocenters. The zero-order valence-corrected chi connectivity index (χ0v) is 30.2. The zero-order valence-electron chi connectivity index (χ0n) is 27.8. The molecule has 11 rings (SSSR count). The van der Waals surface area contributed by atoms with Crippen molar-refractivity contribution in [3.05, 3.63) is 170 Å². The summed E-state index contributed by atoms with van der Waals surface area (Å²) in [7, 11) is 0. The Hall–Kier alpha value is -5.85. The topological polar surface area (TPSA) is 16.1 Å². The average molecular weight is 717 g/mol. The molecule has 3 aromatic heterocycles. The third-order valence-corrected chi connectivity index (χ3v) is 13.5. The minimum atomic E-state index is 1.06. The monoisotopic (exact) mass is 716 g/mol. The van der Waals surface area contributed by atoms with E-state index in [1.165, 1.54) is 72.5 Å². The Morgan fingerprint density at radius 3 is 1.94 bits per heavy atom. The van der Waals surface area contributed by atoms with Gasteiger partial charge in [-0.05, 0) is 82.6 Å². The van der Waals surface area contributed by atoms with Crippen molar-refractivity contribution in [3.63, 3.8) is 0 Å². The number of thiazole rings is 1. The molecule has 0 saturated heterocycles. The molecule has 0 aliphatic heterocycles. The predicted octanol–water partition coefficient (Wildman–Crippen LogP) is 15.0. The van der Waals surface area contributed by atoms with E-state index in [4.69, 9.17) is 4.98 Å². The van der Waals surface area contributed by atoms with Crippen molar-refractivity contribution in [2.24, 2.45) is 0 Å². The quantitative estimate of drug-likeness (QED) is 0.176. The Morgan fingerprint density at radius 1 is 0.385 bits per heavy atom. The summed E-state index contributed by atoms with van der Waals surface area (Å²) in [5.41, 5.74) is 8.07. The van der Waals surface area contributed by atoms with Gasteiger partial charge in [0.1, 0.15) is 5.01 Å². The molecule has 0 aliphatic rings. The average Bonchev–Trinajstić information content (AvgIpc) is 3.91. The number of anilines is 3. The molecular weight excluding hydrogens is 689 g/mol. The summed E-state index contributed by atoms with van der Waals surface area (Å²) in [5.74, 6) is 0. The number of hydrogen-bond acceptors (Lipinski definition) is 5. The van der Waals surface area contributed by atoms with Crippen molar-refractivity contribution >= 4 is 112 Å². The maximum Gasteiger partial charge on any atom is 0.124 e. The number of rotatable bonds is 5. The van der Waals surface area contributed by atoms with Crippen LogP contribution in [0.2, 0.25) is 0 Å². The molecule has 0 spiro atoms. The van der Waals surface area contributed by atoms with Crippen molar-refractivity contribution in [1.29, 1.82) is 0 Å². The van der Waals surface area contributed by atoms with Crippen LogP contribution in [0.15, 0.2) is 170 Å². The first-order chi connectivity index (χ1) is 25.7.